The Kier molecular flexibility index (Phi) is 7.14. The minimum absolute atomic E-state index is 0. The summed E-state index contributed by atoms with van der Waals surface area (Å²) in [5.41, 5.74) is 10.0. The van der Waals surface area contributed by atoms with Gasteiger partial charge in [-0.2, -0.15) is 0 Å². The fourth-order valence-corrected chi connectivity index (χ4v) is 3.63. The standard InChI is InChI=1S/C18H28N4.HI/c1-14-5-2-3-11-22(14)12-10-20-18(19)21-17-9-8-15-6-4-7-16(15)13-17;/h8-9,13-14H,2-7,10-12H2,1H3,(H3,19,20,21);1H. The summed E-state index contributed by atoms with van der Waals surface area (Å²) >= 11 is 0. The van der Waals surface area contributed by atoms with Crippen LogP contribution in [0.15, 0.2) is 23.2 Å². The fourth-order valence-electron chi connectivity index (χ4n) is 3.63. The van der Waals surface area contributed by atoms with Crippen molar-refractivity contribution in [1.29, 1.82) is 0 Å². The lowest BCUT2D eigenvalue weighted by atomic mass is 10.0. The Morgan fingerprint density at radius 2 is 2.09 bits per heavy atom. The van der Waals surface area contributed by atoms with Gasteiger partial charge in [-0.1, -0.05) is 12.5 Å². The summed E-state index contributed by atoms with van der Waals surface area (Å²) in [7, 11) is 0. The van der Waals surface area contributed by atoms with E-state index in [1.807, 2.05) is 0 Å². The van der Waals surface area contributed by atoms with Gasteiger partial charge in [-0.25, -0.2) is 0 Å². The molecule has 3 N–H and O–H groups in total. The van der Waals surface area contributed by atoms with Gasteiger partial charge in [0.2, 0.25) is 0 Å². The van der Waals surface area contributed by atoms with Crippen LogP contribution in [0.4, 0.5) is 5.69 Å². The van der Waals surface area contributed by atoms with Gasteiger partial charge in [0, 0.05) is 18.3 Å². The van der Waals surface area contributed by atoms with Crippen LogP contribution in [0.25, 0.3) is 0 Å². The third kappa shape index (κ3) is 5.08. The average Bonchev–Trinajstić information content (AvgIpc) is 2.97. The molecule has 5 heteroatoms. The molecule has 1 saturated heterocycles. The normalized spacial score (nSPS) is 21.6. The summed E-state index contributed by atoms with van der Waals surface area (Å²) in [5, 5.41) is 3.23. The van der Waals surface area contributed by atoms with E-state index >= 15 is 0 Å². The van der Waals surface area contributed by atoms with E-state index in [2.05, 4.69) is 40.3 Å². The Hall–Kier alpha value is -0.820. The molecule has 1 aliphatic carbocycles. The zero-order valence-corrected chi connectivity index (χ0v) is 16.4. The number of aryl methyl sites for hydroxylation is 2. The van der Waals surface area contributed by atoms with Crippen LogP contribution >= 0.6 is 24.0 Å². The number of halogens is 1. The second kappa shape index (κ2) is 8.87. The summed E-state index contributed by atoms with van der Waals surface area (Å²) in [4.78, 5) is 7.01. The van der Waals surface area contributed by atoms with E-state index in [9.17, 15) is 0 Å². The van der Waals surface area contributed by atoms with Gasteiger partial charge >= 0.3 is 0 Å². The number of rotatable bonds is 4. The molecule has 0 bridgehead atoms. The Labute approximate surface area is 156 Å². The van der Waals surface area contributed by atoms with Crippen LogP contribution in [0.5, 0.6) is 0 Å². The first-order chi connectivity index (χ1) is 10.7. The molecule has 1 aliphatic heterocycles. The van der Waals surface area contributed by atoms with Gasteiger partial charge in [0.15, 0.2) is 5.96 Å². The SMILES string of the molecule is CC1CCCCN1CCN=C(N)Nc1ccc2c(c1)CCC2.I. The van der Waals surface area contributed by atoms with Crippen molar-refractivity contribution >= 4 is 35.6 Å². The molecule has 1 unspecified atom stereocenters. The van der Waals surface area contributed by atoms with Crippen LogP contribution < -0.4 is 11.1 Å². The highest BCUT2D eigenvalue weighted by Crippen LogP contribution is 2.24. The number of likely N-dealkylation sites (tertiary alicyclic amines) is 1. The molecule has 0 amide bonds. The molecule has 128 valence electrons. The van der Waals surface area contributed by atoms with E-state index < -0.39 is 0 Å². The Bertz CT molecular complexity index is 544. The Balaban J connectivity index is 0.00000192. The summed E-state index contributed by atoms with van der Waals surface area (Å²) in [6.45, 7) is 5.30. The molecule has 4 nitrogen and oxygen atoms in total. The highest BCUT2D eigenvalue weighted by molar-refractivity contribution is 14.0. The minimum atomic E-state index is 0. The van der Waals surface area contributed by atoms with Crippen molar-refractivity contribution in [2.24, 2.45) is 10.7 Å². The number of piperidine rings is 1. The van der Waals surface area contributed by atoms with Gasteiger partial charge in [-0.3, -0.25) is 9.89 Å². The monoisotopic (exact) mass is 428 g/mol. The summed E-state index contributed by atoms with van der Waals surface area (Å²) in [5.74, 6) is 0.530. The van der Waals surface area contributed by atoms with E-state index in [0.29, 0.717) is 12.0 Å². The molecule has 0 saturated carbocycles. The number of nitrogens with zero attached hydrogens (tertiary/aromatic N) is 2. The maximum atomic E-state index is 6.02. The number of hydrogen-bond donors (Lipinski definition) is 2. The first-order valence-electron chi connectivity index (χ1n) is 8.65. The molecular weight excluding hydrogens is 399 g/mol. The quantitative estimate of drug-likeness (QED) is 0.439. The maximum absolute atomic E-state index is 6.02. The summed E-state index contributed by atoms with van der Waals surface area (Å²) < 4.78 is 0. The molecule has 23 heavy (non-hydrogen) atoms. The lowest BCUT2D eigenvalue weighted by Gasteiger charge is -2.32. The predicted octanol–water partition coefficient (Wildman–Crippen LogP) is 3.39. The topological polar surface area (TPSA) is 53.6 Å². The van der Waals surface area contributed by atoms with Crippen molar-refractivity contribution in [2.75, 3.05) is 25.0 Å². The molecule has 3 rings (SSSR count). The molecule has 1 heterocycles. The van der Waals surface area contributed by atoms with Gasteiger partial charge < -0.3 is 11.1 Å². The molecule has 1 fully saturated rings. The zero-order chi connectivity index (χ0) is 15.4. The van der Waals surface area contributed by atoms with Crippen molar-refractivity contribution in [1.82, 2.24) is 4.90 Å². The number of nitrogens with two attached hydrogens (primary N) is 1. The maximum Gasteiger partial charge on any atom is 0.193 e. The number of hydrogen-bond acceptors (Lipinski definition) is 2. The van der Waals surface area contributed by atoms with Crippen LogP contribution in [-0.4, -0.2) is 36.5 Å². The first kappa shape index (κ1) is 18.5. The molecule has 0 aromatic heterocycles. The number of guanidine groups is 1. The molecule has 1 aromatic rings. The number of aliphatic imine (C=N–C) groups is 1. The number of fused-ring (bicyclic) bond motifs is 1. The van der Waals surface area contributed by atoms with E-state index in [1.54, 1.807) is 0 Å². The molecule has 1 atom stereocenters. The average molecular weight is 428 g/mol. The smallest absolute Gasteiger partial charge is 0.193 e. The van der Waals surface area contributed by atoms with Gasteiger partial charge in [-0.15, -0.1) is 24.0 Å². The first-order valence-corrected chi connectivity index (χ1v) is 8.65. The summed E-state index contributed by atoms with van der Waals surface area (Å²) in [6.07, 6.45) is 7.67. The molecule has 0 radical (unpaired) electrons. The van der Waals surface area contributed by atoms with Crippen molar-refractivity contribution in [3.63, 3.8) is 0 Å². The predicted molar refractivity (Wildman–Crippen MR) is 109 cm³/mol. The van der Waals surface area contributed by atoms with Crippen molar-refractivity contribution in [2.45, 2.75) is 51.5 Å². The Morgan fingerprint density at radius 1 is 1.26 bits per heavy atom. The zero-order valence-electron chi connectivity index (χ0n) is 14.1. The second-order valence-electron chi connectivity index (χ2n) is 6.61. The van der Waals surface area contributed by atoms with Crippen LogP contribution in [0.3, 0.4) is 0 Å². The molecule has 2 aliphatic rings. The molecular formula is C18H29IN4. The van der Waals surface area contributed by atoms with Gasteiger partial charge in [-0.05, 0) is 68.8 Å². The molecule has 0 spiro atoms. The largest absolute Gasteiger partial charge is 0.370 e. The number of anilines is 1. The third-order valence-corrected chi connectivity index (χ3v) is 4.98. The van der Waals surface area contributed by atoms with E-state index in [-0.39, 0.29) is 24.0 Å². The highest BCUT2D eigenvalue weighted by atomic mass is 127. The molecule has 1 aromatic carbocycles. The second-order valence-corrected chi connectivity index (χ2v) is 6.61. The van der Waals surface area contributed by atoms with Crippen molar-refractivity contribution in [3.05, 3.63) is 29.3 Å². The number of nitrogens with one attached hydrogen (secondary N) is 1. The highest BCUT2D eigenvalue weighted by Gasteiger charge is 2.17. The van der Waals surface area contributed by atoms with Crippen LogP contribution in [0.1, 0.15) is 43.7 Å². The van der Waals surface area contributed by atoms with Crippen molar-refractivity contribution < 1.29 is 0 Å². The van der Waals surface area contributed by atoms with Crippen LogP contribution in [0.2, 0.25) is 0 Å². The summed E-state index contributed by atoms with van der Waals surface area (Å²) in [6, 6.07) is 7.24. The third-order valence-electron chi connectivity index (χ3n) is 4.98. The minimum Gasteiger partial charge on any atom is -0.370 e. The van der Waals surface area contributed by atoms with E-state index in [0.717, 1.165) is 18.8 Å². The van der Waals surface area contributed by atoms with E-state index in [1.165, 1.54) is 56.2 Å². The van der Waals surface area contributed by atoms with Gasteiger partial charge in [0.05, 0.1) is 6.54 Å². The van der Waals surface area contributed by atoms with Crippen LogP contribution in [-0.2, 0) is 12.8 Å². The lowest BCUT2D eigenvalue weighted by Crippen LogP contribution is -2.39. The number of benzene rings is 1. The Morgan fingerprint density at radius 3 is 2.91 bits per heavy atom. The van der Waals surface area contributed by atoms with E-state index in [4.69, 9.17) is 5.73 Å². The van der Waals surface area contributed by atoms with Gasteiger partial charge in [0.25, 0.3) is 0 Å². The van der Waals surface area contributed by atoms with Crippen molar-refractivity contribution in [3.8, 4) is 0 Å². The lowest BCUT2D eigenvalue weighted by molar-refractivity contribution is 0.166. The fraction of sp³-hybridized carbons (Fsp3) is 0.611. The van der Waals surface area contributed by atoms with Crippen LogP contribution in [0, 0.1) is 0 Å². The van der Waals surface area contributed by atoms with Gasteiger partial charge in [0.1, 0.15) is 0 Å².